The number of hydrogen-bond acceptors (Lipinski definition) is 7. The van der Waals surface area contributed by atoms with E-state index in [1.54, 1.807) is 14.0 Å². The van der Waals surface area contributed by atoms with Gasteiger partial charge in [-0.1, -0.05) is 12.1 Å². The summed E-state index contributed by atoms with van der Waals surface area (Å²) < 4.78 is 10.7. The van der Waals surface area contributed by atoms with E-state index in [0.717, 1.165) is 67.4 Å². The number of unbranched alkanes of at least 4 members (excludes halogenated alkanes) is 1. The number of carbonyl (C=O) groups is 2. The Labute approximate surface area is 200 Å². The largest absolute Gasteiger partial charge is 0.495 e. The standard InChI is InChI=1S/C25H35N3O4S/c1-5-32-25(30)23-18(2)19(3)33-24(23)26-22(29)12-8-9-13-27-14-16-28(17-15-27)20-10-6-7-11-21(20)31-4/h6-7,10-11H,5,8-9,12-17H2,1-4H3,(H,26,29). The molecule has 0 aliphatic carbocycles. The maximum Gasteiger partial charge on any atom is 0.341 e. The van der Waals surface area contributed by atoms with E-state index in [1.165, 1.54) is 11.3 Å². The Hall–Kier alpha value is -2.58. The van der Waals surface area contributed by atoms with E-state index in [1.807, 2.05) is 32.0 Å². The zero-order valence-corrected chi connectivity index (χ0v) is 20.9. The lowest BCUT2D eigenvalue weighted by molar-refractivity contribution is -0.116. The Morgan fingerprint density at radius 1 is 1.09 bits per heavy atom. The predicted molar refractivity (Wildman–Crippen MR) is 134 cm³/mol. The molecule has 7 nitrogen and oxygen atoms in total. The third-order valence-electron chi connectivity index (χ3n) is 6.04. The highest BCUT2D eigenvalue weighted by Crippen LogP contribution is 2.33. The summed E-state index contributed by atoms with van der Waals surface area (Å²) in [6, 6.07) is 8.15. The van der Waals surface area contributed by atoms with Crippen molar-refractivity contribution in [1.82, 2.24) is 4.90 Å². The number of nitrogens with zero attached hydrogens (tertiary/aromatic N) is 2. The maximum absolute atomic E-state index is 12.5. The van der Waals surface area contributed by atoms with Crippen molar-refractivity contribution in [3.8, 4) is 5.75 Å². The Morgan fingerprint density at radius 3 is 2.52 bits per heavy atom. The van der Waals surface area contributed by atoms with Gasteiger partial charge in [0.1, 0.15) is 10.8 Å². The van der Waals surface area contributed by atoms with Gasteiger partial charge in [-0.2, -0.15) is 0 Å². The van der Waals surface area contributed by atoms with Gasteiger partial charge in [-0.3, -0.25) is 9.69 Å². The molecule has 1 amide bonds. The molecule has 1 aromatic heterocycles. The second kappa shape index (κ2) is 12.0. The molecule has 1 aromatic carbocycles. The Bertz CT molecular complexity index is 951. The molecule has 180 valence electrons. The van der Waals surface area contributed by atoms with Gasteiger partial charge in [-0.15, -0.1) is 11.3 Å². The molecule has 2 heterocycles. The molecule has 0 radical (unpaired) electrons. The number of ether oxygens (including phenoxy) is 2. The maximum atomic E-state index is 12.5. The fraction of sp³-hybridized carbons (Fsp3) is 0.520. The number of thiophene rings is 1. The van der Waals surface area contributed by atoms with Gasteiger partial charge in [0.15, 0.2) is 0 Å². The van der Waals surface area contributed by atoms with Gasteiger partial charge in [0.25, 0.3) is 0 Å². The van der Waals surface area contributed by atoms with Gasteiger partial charge < -0.3 is 19.7 Å². The van der Waals surface area contributed by atoms with Crippen LogP contribution in [-0.4, -0.2) is 63.2 Å². The molecule has 1 N–H and O–H groups in total. The van der Waals surface area contributed by atoms with Crippen LogP contribution in [0.3, 0.4) is 0 Å². The average molecular weight is 474 g/mol. The minimum atomic E-state index is -0.373. The van der Waals surface area contributed by atoms with Crippen molar-refractivity contribution in [2.75, 3.05) is 56.7 Å². The SMILES string of the molecule is CCOC(=O)c1c(NC(=O)CCCCN2CCN(c3ccccc3OC)CC2)sc(C)c1C. The van der Waals surface area contributed by atoms with Crippen LogP contribution in [0.1, 0.15) is 47.0 Å². The molecule has 2 aromatic rings. The summed E-state index contributed by atoms with van der Waals surface area (Å²) >= 11 is 1.43. The number of para-hydroxylation sites is 2. The second-order valence-corrected chi connectivity index (χ2v) is 9.44. The van der Waals surface area contributed by atoms with Crippen molar-refractivity contribution in [2.24, 2.45) is 0 Å². The van der Waals surface area contributed by atoms with Crippen molar-refractivity contribution >= 4 is 33.9 Å². The highest BCUT2D eigenvalue weighted by Gasteiger charge is 2.22. The quantitative estimate of drug-likeness (QED) is 0.405. The lowest BCUT2D eigenvalue weighted by Crippen LogP contribution is -2.46. The van der Waals surface area contributed by atoms with Crippen molar-refractivity contribution < 1.29 is 19.1 Å². The average Bonchev–Trinajstić information content (AvgIpc) is 3.10. The molecule has 0 bridgehead atoms. The van der Waals surface area contributed by atoms with E-state index in [-0.39, 0.29) is 11.9 Å². The van der Waals surface area contributed by atoms with Crippen LogP contribution >= 0.6 is 11.3 Å². The lowest BCUT2D eigenvalue weighted by atomic mass is 10.1. The fourth-order valence-corrected chi connectivity index (χ4v) is 5.14. The van der Waals surface area contributed by atoms with Crippen LogP contribution in [0.5, 0.6) is 5.75 Å². The van der Waals surface area contributed by atoms with E-state index >= 15 is 0 Å². The number of methoxy groups -OCH3 is 1. The number of benzene rings is 1. The minimum Gasteiger partial charge on any atom is -0.495 e. The molecule has 0 atom stereocenters. The topological polar surface area (TPSA) is 71.1 Å². The van der Waals surface area contributed by atoms with E-state index in [0.29, 0.717) is 23.6 Å². The molecule has 1 aliphatic heterocycles. The summed E-state index contributed by atoms with van der Waals surface area (Å²) in [5.74, 6) is 0.490. The van der Waals surface area contributed by atoms with Gasteiger partial charge >= 0.3 is 5.97 Å². The first-order valence-corrected chi connectivity index (χ1v) is 12.4. The number of esters is 1. The molecule has 1 aliphatic rings. The van der Waals surface area contributed by atoms with Crippen LogP contribution in [-0.2, 0) is 9.53 Å². The molecular formula is C25H35N3O4S. The number of hydrogen-bond donors (Lipinski definition) is 1. The lowest BCUT2D eigenvalue weighted by Gasteiger charge is -2.36. The summed E-state index contributed by atoms with van der Waals surface area (Å²) in [6.45, 7) is 10.9. The van der Waals surface area contributed by atoms with Gasteiger partial charge in [0.2, 0.25) is 5.91 Å². The van der Waals surface area contributed by atoms with Crippen molar-refractivity contribution in [1.29, 1.82) is 0 Å². The molecule has 33 heavy (non-hydrogen) atoms. The van der Waals surface area contributed by atoms with Crippen LogP contribution in [0.15, 0.2) is 24.3 Å². The monoisotopic (exact) mass is 473 g/mol. The van der Waals surface area contributed by atoms with Crippen LogP contribution in [0.25, 0.3) is 0 Å². The number of rotatable bonds is 10. The van der Waals surface area contributed by atoms with Gasteiger partial charge in [-0.25, -0.2) is 4.79 Å². The fourth-order valence-electron chi connectivity index (χ4n) is 4.08. The number of anilines is 2. The third-order valence-corrected chi connectivity index (χ3v) is 7.17. The summed E-state index contributed by atoms with van der Waals surface area (Å²) in [4.78, 5) is 30.6. The van der Waals surface area contributed by atoms with E-state index in [2.05, 4.69) is 21.2 Å². The second-order valence-electron chi connectivity index (χ2n) is 8.21. The van der Waals surface area contributed by atoms with Crippen LogP contribution in [0.4, 0.5) is 10.7 Å². The molecule has 1 saturated heterocycles. The summed E-state index contributed by atoms with van der Waals surface area (Å²) in [6.07, 6.45) is 2.23. The third kappa shape index (κ3) is 6.48. The molecular weight excluding hydrogens is 438 g/mol. The number of aryl methyl sites for hydroxylation is 1. The van der Waals surface area contributed by atoms with Crippen molar-refractivity contribution in [3.05, 3.63) is 40.3 Å². The molecule has 1 fully saturated rings. The Kier molecular flexibility index (Phi) is 9.14. The number of amides is 1. The van der Waals surface area contributed by atoms with Gasteiger partial charge in [-0.05, 0) is 57.9 Å². The Balaban J connectivity index is 1.40. The number of piperazine rings is 1. The normalized spacial score (nSPS) is 14.2. The number of carbonyl (C=O) groups excluding carboxylic acids is 2. The Morgan fingerprint density at radius 2 is 1.82 bits per heavy atom. The molecule has 8 heteroatoms. The summed E-state index contributed by atoms with van der Waals surface area (Å²) in [5.41, 5.74) is 2.51. The first-order valence-electron chi connectivity index (χ1n) is 11.6. The smallest absolute Gasteiger partial charge is 0.341 e. The minimum absolute atomic E-state index is 0.0530. The van der Waals surface area contributed by atoms with Crippen LogP contribution in [0.2, 0.25) is 0 Å². The number of nitrogens with one attached hydrogen (secondary N) is 1. The highest BCUT2D eigenvalue weighted by molar-refractivity contribution is 7.16. The predicted octanol–water partition coefficient (Wildman–Crippen LogP) is 4.48. The molecule has 3 rings (SSSR count). The summed E-state index contributed by atoms with van der Waals surface area (Å²) in [5, 5.41) is 3.53. The molecule has 0 unspecified atom stereocenters. The van der Waals surface area contributed by atoms with Gasteiger partial charge in [0, 0.05) is 37.5 Å². The molecule has 0 spiro atoms. The van der Waals surface area contributed by atoms with Crippen molar-refractivity contribution in [3.63, 3.8) is 0 Å². The first-order chi connectivity index (χ1) is 15.9. The zero-order valence-electron chi connectivity index (χ0n) is 20.1. The highest BCUT2D eigenvalue weighted by atomic mass is 32.1. The van der Waals surface area contributed by atoms with Gasteiger partial charge in [0.05, 0.1) is 25.0 Å². The summed E-state index contributed by atoms with van der Waals surface area (Å²) in [7, 11) is 1.71. The van der Waals surface area contributed by atoms with E-state index in [9.17, 15) is 9.59 Å². The molecule has 0 saturated carbocycles. The van der Waals surface area contributed by atoms with Crippen molar-refractivity contribution in [2.45, 2.75) is 40.0 Å². The zero-order chi connectivity index (χ0) is 23.8. The van der Waals surface area contributed by atoms with Crippen LogP contribution < -0.4 is 15.0 Å². The van der Waals surface area contributed by atoms with E-state index in [4.69, 9.17) is 9.47 Å². The van der Waals surface area contributed by atoms with E-state index < -0.39 is 0 Å². The first kappa shape index (κ1) is 25.1. The van der Waals surface area contributed by atoms with Crippen LogP contribution in [0, 0.1) is 13.8 Å².